The summed E-state index contributed by atoms with van der Waals surface area (Å²) >= 11 is 0. The van der Waals surface area contributed by atoms with Crippen molar-refractivity contribution in [1.29, 1.82) is 5.26 Å². The fourth-order valence-electron chi connectivity index (χ4n) is 8.05. The number of benzene rings is 6. The Morgan fingerprint density at radius 3 is 2.06 bits per heavy atom. The van der Waals surface area contributed by atoms with Crippen LogP contribution in [-0.4, -0.2) is 22.6 Å². The van der Waals surface area contributed by atoms with Gasteiger partial charge in [-0.2, -0.15) is 5.26 Å². The maximum Gasteiger partial charge on any atom is 0.228 e. The largest absolute Gasteiger partial charge is 0.437 e. The SMILES string of the molecule is CC(C)c1cc(-c2ccc([Si](C)(C)C)cc2)cc(C(C)C)c1-n1c(-c2cccc3c2oc2nc(C#N)ccc23)nc2cc3ccc4ccccc4c3cc21. The van der Waals surface area contributed by atoms with E-state index in [0.29, 0.717) is 17.0 Å². The molecular weight excluding hydrogens is 677 g/mol. The minimum absolute atomic E-state index is 0.223. The summed E-state index contributed by atoms with van der Waals surface area (Å²) in [6, 6.07) is 43.7. The second-order valence-corrected chi connectivity index (χ2v) is 21.3. The summed E-state index contributed by atoms with van der Waals surface area (Å²) in [5, 5.41) is 17.7. The first-order valence-electron chi connectivity index (χ1n) is 18.9. The van der Waals surface area contributed by atoms with Crippen LogP contribution >= 0.6 is 0 Å². The minimum Gasteiger partial charge on any atom is -0.437 e. The third-order valence-corrected chi connectivity index (χ3v) is 13.0. The summed E-state index contributed by atoms with van der Waals surface area (Å²) in [5.41, 5.74) is 10.5. The molecule has 5 nitrogen and oxygen atoms in total. The van der Waals surface area contributed by atoms with E-state index in [4.69, 9.17) is 9.40 Å². The molecule has 3 aromatic heterocycles. The van der Waals surface area contributed by atoms with Gasteiger partial charge in [-0.3, -0.25) is 4.57 Å². The van der Waals surface area contributed by atoms with Crippen molar-refractivity contribution in [3.8, 4) is 34.3 Å². The number of nitriles is 1. The number of rotatable bonds is 6. The quantitative estimate of drug-likeness (QED) is 0.127. The molecule has 0 radical (unpaired) electrons. The van der Waals surface area contributed by atoms with Crippen molar-refractivity contribution in [1.82, 2.24) is 14.5 Å². The molecule has 0 bridgehead atoms. The van der Waals surface area contributed by atoms with Crippen molar-refractivity contribution >= 4 is 67.9 Å². The molecule has 9 rings (SSSR count). The van der Waals surface area contributed by atoms with Gasteiger partial charge in [0.25, 0.3) is 0 Å². The molecule has 0 aliphatic heterocycles. The highest BCUT2D eigenvalue weighted by Crippen LogP contribution is 2.43. The van der Waals surface area contributed by atoms with E-state index >= 15 is 0 Å². The van der Waals surface area contributed by atoms with Crippen LogP contribution in [0.4, 0.5) is 0 Å². The first-order valence-corrected chi connectivity index (χ1v) is 22.4. The molecule has 0 fully saturated rings. The molecule has 0 aliphatic carbocycles. The molecule has 54 heavy (non-hydrogen) atoms. The van der Waals surface area contributed by atoms with E-state index in [-0.39, 0.29) is 11.8 Å². The van der Waals surface area contributed by atoms with Crippen LogP contribution in [0.2, 0.25) is 19.6 Å². The van der Waals surface area contributed by atoms with E-state index in [0.717, 1.165) is 44.3 Å². The number of pyridine rings is 1. The van der Waals surface area contributed by atoms with Crippen LogP contribution in [0.15, 0.2) is 120 Å². The lowest BCUT2D eigenvalue weighted by Crippen LogP contribution is -2.37. The molecule has 0 saturated carbocycles. The Morgan fingerprint density at radius 1 is 0.648 bits per heavy atom. The molecule has 264 valence electrons. The van der Waals surface area contributed by atoms with Gasteiger partial charge in [-0.1, -0.05) is 125 Å². The van der Waals surface area contributed by atoms with Crippen LogP contribution < -0.4 is 5.19 Å². The van der Waals surface area contributed by atoms with Crippen LogP contribution in [0.3, 0.4) is 0 Å². The Labute approximate surface area is 316 Å². The summed E-state index contributed by atoms with van der Waals surface area (Å²) in [6.07, 6.45) is 0. The van der Waals surface area contributed by atoms with Gasteiger partial charge in [-0.15, -0.1) is 0 Å². The fraction of sp³-hybridized carbons (Fsp3) is 0.188. The van der Waals surface area contributed by atoms with Gasteiger partial charge in [-0.25, -0.2) is 9.97 Å². The summed E-state index contributed by atoms with van der Waals surface area (Å²) in [6.45, 7) is 16.4. The highest BCUT2D eigenvalue weighted by molar-refractivity contribution is 6.88. The van der Waals surface area contributed by atoms with Gasteiger partial charge in [0, 0.05) is 10.8 Å². The Hall–Kier alpha value is -6.03. The highest BCUT2D eigenvalue weighted by atomic mass is 28.3. The number of para-hydroxylation sites is 1. The van der Waals surface area contributed by atoms with E-state index in [9.17, 15) is 5.26 Å². The van der Waals surface area contributed by atoms with Crippen molar-refractivity contribution < 1.29 is 4.42 Å². The molecular formula is C48H42N4OSi. The van der Waals surface area contributed by atoms with Gasteiger partial charge in [0.15, 0.2) is 0 Å². The third kappa shape index (κ3) is 5.42. The topological polar surface area (TPSA) is 67.6 Å². The minimum atomic E-state index is -1.43. The molecule has 0 aliphatic rings. The van der Waals surface area contributed by atoms with Crippen molar-refractivity contribution in [2.75, 3.05) is 0 Å². The Balaban J connectivity index is 1.39. The van der Waals surface area contributed by atoms with E-state index in [1.165, 1.54) is 43.6 Å². The first kappa shape index (κ1) is 33.8. The number of aromatic nitrogens is 3. The number of nitrogens with zero attached hydrogens (tertiary/aromatic N) is 4. The third-order valence-electron chi connectivity index (χ3n) is 11.0. The Kier molecular flexibility index (Phi) is 7.84. The van der Waals surface area contributed by atoms with Crippen LogP contribution in [-0.2, 0) is 0 Å². The summed E-state index contributed by atoms with van der Waals surface area (Å²) in [5.74, 6) is 1.26. The van der Waals surface area contributed by atoms with E-state index in [1.54, 1.807) is 6.07 Å². The monoisotopic (exact) mass is 718 g/mol. The van der Waals surface area contributed by atoms with Gasteiger partial charge in [0.2, 0.25) is 5.71 Å². The zero-order valence-corrected chi connectivity index (χ0v) is 32.8. The zero-order valence-electron chi connectivity index (χ0n) is 31.8. The van der Waals surface area contributed by atoms with Crippen molar-refractivity contribution in [2.45, 2.75) is 59.2 Å². The maximum absolute atomic E-state index is 9.61. The average molecular weight is 719 g/mol. The molecule has 0 amide bonds. The number of hydrogen-bond acceptors (Lipinski definition) is 4. The van der Waals surface area contributed by atoms with Crippen LogP contribution in [0.25, 0.3) is 82.8 Å². The van der Waals surface area contributed by atoms with E-state index in [2.05, 4.69) is 166 Å². The predicted octanol–water partition coefficient (Wildman–Crippen LogP) is 12.6. The maximum atomic E-state index is 9.61. The van der Waals surface area contributed by atoms with Gasteiger partial charge in [0.05, 0.1) is 30.4 Å². The van der Waals surface area contributed by atoms with Crippen molar-refractivity contribution in [3.63, 3.8) is 0 Å². The number of fused-ring (bicyclic) bond motifs is 7. The molecule has 3 heterocycles. The predicted molar refractivity (Wildman–Crippen MR) is 228 cm³/mol. The highest BCUT2D eigenvalue weighted by Gasteiger charge is 2.26. The zero-order chi connectivity index (χ0) is 37.5. The fourth-order valence-corrected chi connectivity index (χ4v) is 9.22. The summed E-state index contributed by atoms with van der Waals surface area (Å²) in [7, 11) is -1.43. The van der Waals surface area contributed by atoms with Crippen LogP contribution in [0.5, 0.6) is 0 Å². The van der Waals surface area contributed by atoms with Crippen molar-refractivity contribution in [2.24, 2.45) is 0 Å². The van der Waals surface area contributed by atoms with Gasteiger partial charge < -0.3 is 4.42 Å². The molecule has 0 unspecified atom stereocenters. The number of imidazole rings is 1. The summed E-state index contributed by atoms with van der Waals surface area (Å²) in [4.78, 5) is 10.0. The Bertz CT molecular complexity index is 2960. The molecule has 6 aromatic carbocycles. The van der Waals surface area contributed by atoms with E-state index < -0.39 is 8.07 Å². The first-order chi connectivity index (χ1) is 26.0. The van der Waals surface area contributed by atoms with Crippen LogP contribution in [0, 0.1) is 11.3 Å². The number of hydrogen-bond donors (Lipinski definition) is 0. The lowest BCUT2D eigenvalue weighted by Gasteiger charge is -2.25. The molecule has 6 heteroatoms. The molecule has 0 N–H and O–H groups in total. The normalized spacial score (nSPS) is 12.3. The molecule has 9 aromatic rings. The van der Waals surface area contributed by atoms with Crippen molar-refractivity contribution in [3.05, 3.63) is 132 Å². The van der Waals surface area contributed by atoms with Crippen LogP contribution in [0.1, 0.15) is 56.4 Å². The lowest BCUT2D eigenvalue weighted by molar-refractivity contribution is 0.654. The second kappa shape index (κ2) is 12.5. The smallest absolute Gasteiger partial charge is 0.228 e. The second-order valence-electron chi connectivity index (χ2n) is 16.2. The van der Waals surface area contributed by atoms with Gasteiger partial charge in [-0.05, 0) is 98.1 Å². The molecule has 0 saturated heterocycles. The standard InChI is InChI=1S/C48H42N4OSi/c1-28(2)40-23-33(30-17-20-35(21-18-30)54(5,6)7)24-41(29(3)4)45(40)52-44-26-42-32(16-15-31-11-8-9-12-36(31)42)25-43(44)51-47(52)39-14-10-13-37-38-22-19-34(27-49)50-48(38)53-46(37)39/h8-26,28-29H,1-7H3. The lowest BCUT2D eigenvalue weighted by atomic mass is 9.88. The van der Waals surface area contributed by atoms with Gasteiger partial charge >= 0.3 is 0 Å². The molecule has 0 atom stereocenters. The average Bonchev–Trinajstić information content (AvgIpc) is 3.73. The number of furan rings is 1. The molecule has 0 spiro atoms. The van der Waals surface area contributed by atoms with E-state index in [1.807, 2.05) is 6.07 Å². The Morgan fingerprint density at radius 2 is 1.35 bits per heavy atom. The van der Waals surface area contributed by atoms with Gasteiger partial charge in [0.1, 0.15) is 23.2 Å². The summed E-state index contributed by atoms with van der Waals surface area (Å²) < 4.78 is 8.95.